The first-order chi connectivity index (χ1) is 17.7. The number of ether oxygens (including phenoxy) is 1. The predicted octanol–water partition coefficient (Wildman–Crippen LogP) is 4.96. The summed E-state index contributed by atoms with van der Waals surface area (Å²) in [4.78, 5) is 15.9. The predicted molar refractivity (Wildman–Crippen MR) is 139 cm³/mol. The van der Waals surface area contributed by atoms with E-state index in [2.05, 4.69) is 77.7 Å². The van der Waals surface area contributed by atoms with Crippen LogP contribution in [0.4, 0.5) is 5.69 Å². The van der Waals surface area contributed by atoms with Crippen molar-refractivity contribution in [3.05, 3.63) is 89.5 Å². The number of quaternary nitrogens is 1. The lowest BCUT2D eigenvalue weighted by Gasteiger charge is -2.60. The van der Waals surface area contributed by atoms with Crippen molar-refractivity contribution in [1.82, 2.24) is 0 Å². The first-order valence-electron chi connectivity index (χ1n) is 13.7. The molecule has 4 nitrogen and oxygen atoms in total. The van der Waals surface area contributed by atoms with Crippen LogP contribution in [-0.4, -0.2) is 48.3 Å². The van der Waals surface area contributed by atoms with Gasteiger partial charge in [0.2, 0.25) is 5.91 Å². The molecule has 1 saturated carbocycles. The molecule has 3 aromatic carbocycles. The largest absolute Gasteiger partial charge is 0.373 e. The average Bonchev–Trinajstić information content (AvgIpc) is 3.33. The molecule has 1 aliphatic carbocycles. The molecule has 5 heterocycles. The summed E-state index contributed by atoms with van der Waals surface area (Å²) >= 11 is 0. The Kier molecular flexibility index (Phi) is 3.73. The Morgan fingerprint density at radius 2 is 1.89 bits per heavy atom. The average molecular weight is 476 g/mol. The van der Waals surface area contributed by atoms with Gasteiger partial charge in [-0.25, -0.2) is 0 Å². The highest BCUT2D eigenvalue weighted by Crippen LogP contribution is 2.67. The van der Waals surface area contributed by atoms with E-state index in [0.717, 1.165) is 17.6 Å². The smallest absolute Gasteiger partial charge is 0.229 e. The normalized spacial score (nSPS) is 39.1. The lowest BCUT2D eigenvalue weighted by molar-refractivity contribution is -0.955. The van der Waals surface area contributed by atoms with Crippen molar-refractivity contribution in [2.24, 2.45) is 11.8 Å². The molecule has 0 aromatic heterocycles. The number of nitrogens with zero attached hydrogens (tertiary/aromatic N) is 2. The minimum Gasteiger partial charge on any atom is -0.373 e. The molecule has 180 valence electrons. The van der Waals surface area contributed by atoms with Crippen LogP contribution in [-0.2, 0) is 21.5 Å². The van der Waals surface area contributed by atoms with Crippen LogP contribution in [0.5, 0.6) is 0 Å². The summed E-state index contributed by atoms with van der Waals surface area (Å²) in [7, 11) is 0. The Balaban J connectivity index is 1.25. The maximum atomic E-state index is 13.7. The lowest BCUT2D eigenvalue weighted by Crippen LogP contribution is -2.72. The van der Waals surface area contributed by atoms with Crippen molar-refractivity contribution in [2.75, 3.05) is 24.6 Å². The third-order valence-corrected chi connectivity index (χ3v) is 11.0. The van der Waals surface area contributed by atoms with Crippen LogP contribution in [0.3, 0.4) is 0 Å². The maximum absolute atomic E-state index is 13.7. The fourth-order valence-corrected chi connectivity index (χ4v) is 9.90. The van der Waals surface area contributed by atoms with Crippen LogP contribution in [0.15, 0.2) is 78.4 Å². The van der Waals surface area contributed by atoms with Crippen molar-refractivity contribution in [2.45, 2.75) is 49.4 Å². The fourth-order valence-electron chi connectivity index (χ4n) is 9.90. The molecule has 6 aliphatic rings. The number of piperidine rings is 2. The van der Waals surface area contributed by atoms with Gasteiger partial charge in [0.1, 0.15) is 19.1 Å². The quantitative estimate of drug-likeness (QED) is 0.387. The Morgan fingerprint density at radius 3 is 2.83 bits per heavy atom. The molecule has 5 aliphatic heterocycles. The highest BCUT2D eigenvalue weighted by atomic mass is 16.5. The first kappa shape index (κ1) is 20.1. The Labute approximate surface area is 211 Å². The van der Waals surface area contributed by atoms with Gasteiger partial charge in [0.05, 0.1) is 37.1 Å². The van der Waals surface area contributed by atoms with Crippen LogP contribution >= 0.6 is 0 Å². The molecule has 0 N–H and O–H groups in total. The second kappa shape index (κ2) is 6.67. The number of carbonyl (C=O) groups excluding carboxylic acids is 1. The van der Waals surface area contributed by atoms with Gasteiger partial charge < -0.3 is 14.1 Å². The number of fused-ring (bicyclic) bond motifs is 3. The molecule has 1 amide bonds. The SMILES string of the molecule is O=C1C[C@@H]2OCC=C3C[N+]4(Cc5ccc6ccccc6c5)CC[C@]56c7ccccc7N1[C@H]5[C@H]2[C@H]3C[C@@H]64. The Morgan fingerprint density at radius 1 is 1.03 bits per heavy atom. The highest BCUT2D eigenvalue weighted by Gasteiger charge is 2.75. The summed E-state index contributed by atoms with van der Waals surface area (Å²) in [5.41, 5.74) is 5.74. The number of hydrogen-bond donors (Lipinski definition) is 0. The van der Waals surface area contributed by atoms with Crippen molar-refractivity contribution in [3.8, 4) is 0 Å². The van der Waals surface area contributed by atoms with Gasteiger partial charge in [-0.15, -0.1) is 0 Å². The number of benzene rings is 3. The summed E-state index contributed by atoms with van der Waals surface area (Å²) in [6.45, 7) is 4.05. The summed E-state index contributed by atoms with van der Waals surface area (Å²) in [5.74, 6) is 1.24. The molecule has 9 rings (SSSR count). The monoisotopic (exact) mass is 475 g/mol. The standard InChI is InChI=1S/C32H31N2O2/c35-29-17-27-30-24-16-28-32(25-7-3-4-8-26(25)33(29)31(30)32)12-13-34(28,19-23(24)11-14-36-27)18-20-9-10-21-5-1-2-6-22(21)15-20/h1-11,15,24,27-28,30-31H,12-14,16-19H2/q+1/t24-,27-,28-,30-,31-,32+,34?/m0/s1. The molecule has 36 heavy (non-hydrogen) atoms. The van der Waals surface area contributed by atoms with Crippen LogP contribution in [0, 0.1) is 11.8 Å². The fraction of sp³-hybridized carbons (Fsp3) is 0.406. The van der Waals surface area contributed by atoms with E-state index in [1.807, 2.05) is 0 Å². The first-order valence-corrected chi connectivity index (χ1v) is 13.7. The number of carbonyl (C=O) groups is 1. The van der Waals surface area contributed by atoms with Gasteiger partial charge in [0.15, 0.2) is 0 Å². The number of hydrogen-bond acceptors (Lipinski definition) is 2. The zero-order valence-corrected chi connectivity index (χ0v) is 20.5. The van der Waals surface area contributed by atoms with E-state index in [1.54, 1.807) is 5.57 Å². The van der Waals surface area contributed by atoms with Gasteiger partial charge >= 0.3 is 0 Å². The molecule has 0 radical (unpaired) electrons. The minimum atomic E-state index is 0.0438. The van der Waals surface area contributed by atoms with E-state index < -0.39 is 0 Å². The summed E-state index contributed by atoms with van der Waals surface area (Å²) < 4.78 is 7.59. The molecule has 3 aromatic rings. The van der Waals surface area contributed by atoms with Gasteiger partial charge in [0.25, 0.3) is 0 Å². The van der Waals surface area contributed by atoms with Crippen LogP contribution in [0.2, 0.25) is 0 Å². The van der Waals surface area contributed by atoms with Gasteiger partial charge in [-0.2, -0.15) is 0 Å². The second-order valence-corrected chi connectivity index (χ2v) is 12.2. The molecule has 3 saturated heterocycles. The van der Waals surface area contributed by atoms with Crippen molar-refractivity contribution in [1.29, 1.82) is 0 Å². The van der Waals surface area contributed by atoms with Crippen molar-refractivity contribution in [3.63, 3.8) is 0 Å². The second-order valence-electron chi connectivity index (χ2n) is 12.2. The van der Waals surface area contributed by atoms with E-state index >= 15 is 0 Å². The van der Waals surface area contributed by atoms with E-state index in [9.17, 15) is 4.79 Å². The molecule has 7 atom stereocenters. The van der Waals surface area contributed by atoms with Crippen molar-refractivity contribution < 1.29 is 14.0 Å². The Hall–Kier alpha value is -2.95. The minimum absolute atomic E-state index is 0.0438. The molecular weight excluding hydrogens is 444 g/mol. The molecule has 1 unspecified atom stereocenters. The van der Waals surface area contributed by atoms with Crippen LogP contribution < -0.4 is 4.90 Å². The number of para-hydroxylation sites is 1. The van der Waals surface area contributed by atoms with Gasteiger partial charge in [-0.3, -0.25) is 4.79 Å². The third kappa shape index (κ3) is 2.27. The number of anilines is 1. The third-order valence-electron chi connectivity index (χ3n) is 11.0. The molecule has 2 bridgehead atoms. The summed E-state index contributed by atoms with van der Waals surface area (Å²) in [5, 5.41) is 2.65. The van der Waals surface area contributed by atoms with E-state index in [-0.39, 0.29) is 23.5 Å². The van der Waals surface area contributed by atoms with Crippen molar-refractivity contribution >= 4 is 22.4 Å². The van der Waals surface area contributed by atoms with E-state index in [4.69, 9.17) is 4.74 Å². The van der Waals surface area contributed by atoms with E-state index in [0.29, 0.717) is 30.9 Å². The van der Waals surface area contributed by atoms with Gasteiger partial charge in [-0.05, 0) is 40.0 Å². The zero-order chi connectivity index (χ0) is 23.6. The molecule has 1 spiro atoms. The molecule has 4 fully saturated rings. The van der Waals surface area contributed by atoms with Crippen LogP contribution in [0.1, 0.15) is 30.4 Å². The topological polar surface area (TPSA) is 29.5 Å². The van der Waals surface area contributed by atoms with Gasteiger partial charge in [-0.1, -0.05) is 60.7 Å². The van der Waals surface area contributed by atoms with Gasteiger partial charge in [0, 0.05) is 30.0 Å². The summed E-state index contributed by atoms with van der Waals surface area (Å²) in [6.07, 6.45) is 5.40. The summed E-state index contributed by atoms with van der Waals surface area (Å²) in [6, 6.07) is 25.5. The maximum Gasteiger partial charge on any atom is 0.229 e. The zero-order valence-electron chi connectivity index (χ0n) is 20.5. The van der Waals surface area contributed by atoms with Crippen LogP contribution in [0.25, 0.3) is 10.8 Å². The lowest BCUT2D eigenvalue weighted by atomic mass is 9.53. The Bertz CT molecular complexity index is 1490. The highest BCUT2D eigenvalue weighted by molar-refractivity contribution is 5.99. The number of amides is 1. The molecule has 4 heteroatoms. The number of rotatable bonds is 2. The van der Waals surface area contributed by atoms with E-state index in [1.165, 1.54) is 47.0 Å². The molecular formula is C32H31N2O2+.